The summed E-state index contributed by atoms with van der Waals surface area (Å²) < 4.78 is 37.9. The number of thiocarbonyl (C=S) groups is 1. The molecule has 3 rings (SSSR count). The normalized spacial score (nSPS) is 11.0. The Labute approximate surface area is 192 Å². The summed E-state index contributed by atoms with van der Waals surface area (Å²) in [6.07, 6.45) is 2.34. The first-order chi connectivity index (χ1) is 15.4. The molecule has 3 N–H and O–H groups in total. The molecular formula is C22H23N3O5S2. The van der Waals surface area contributed by atoms with Gasteiger partial charge in [-0.15, -0.1) is 0 Å². The molecule has 0 aliphatic heterocycles. The van der Waals surface area contributed by atoms with Crippen LogP contribution in [0.3, 0.4) is 0 Å². The fourth-order valence-corrected chi connectivity index (χ4v) is 3.87. The predicted octanol–water partition coefficient (Wildman–Crippen LogP) is 3.67. The topological polar surface area (TPSA) is 110 Å². The Morgan fingerprint density at radius 1 is 1.09 bits per heavy atom. The molecule has 0 atom stereocenters. The van der Waals surface area contributed by atoms with Gasteiger partial charge in [0.15, 0.2) is 5.11 Å². The summed E-state index contributed by atoms with van der Waals surface area (Å²) in [5, 5.41) is 5.54. The van der Waals surface area contributed by atoms with Gasteiger partial charge in [-0.3, -0.25) is 10.1 Å². The number of ether oxygens (including phenoxy) is 1. The van der Waals surface area contributed by atoms with Crippen LogP contribution in [0.15, 0.2) is 76.2 Å². The second-order valence-corrected chi connectivity index (χ2v) is 8.89. The average Bonchev–Trinajstić information content (AvgIpc) is 3.31. The van der Waals surface area contributed by atoms with Crippen LogP contribution in [0.4, 0.5) is 5.69 Å². The molecular weight excluding hydrogens is 450 g/mol. The molecule has 2 aromatic carbocycles. The number of nitrogens with one attached hydrogen (secondary N) is 3. The largest absolute Gasteiger partial charge is 0.494 e. The molecule has 168 valence electrons. The Bertz CT molecular complexity index is 1160. The lowest BCUT2D eigenvalue weighted by Crippen LogP contribution is -2.34. The predicted molar refractivity (Wildman–Crippen MR) is 125 cm³/mol. The molecule has 0 unspecified atom stereocenters. The van der Waals surface area contributed by atoms with Crippen LogP contribution in [0.2, 0.25) is 0 Å². The average molecular weight is 474 g/mol. The fourth-order valence-electron chi connectivity index (χ4n) is 2.66. The molecule has 0 radical (unpaired) electrons. The van der Waals surface area contributed by atoms with Gasteiger partial charge >= 0.3 is 0 Å². The van der Waals surface area contributed by atoms with Crippen molar-refractivity contribution in [2.24, 2.45) is 0 Å². The number of carbonyl (C=O) groups excluding carboxylic acids is 1. The summed E-state index contributed by atoms with van der Waals surface area (Å²) in [4.78, 5) is 12.5. The molecule has 10 heteroatoms. The van der Waals surface area contributed by atoms with E-state index >= 15 is 0 Å². The summed E-state index contributed by atoms with van der Waals surface area (Å²) >= 11 is 5.19. The van der Waals surface area contributed by atoms with Crippen LogP contribution in [-0.2, 0) is 16.6 Å². The van der Waals surface area contributed by atoms with Crippen molar-refractivity contribution in [3.63, 3.8) is 0 Å². The van der Waals surface area contributed by atoms with Gasteiger partial charge in [-0.1, -0.05) is 13.0 Å². The maximum Gasteiger partial charge on any atom is 0.257 e. The highest BCUT2D eigenvalue weighted by Gasteiger charge is 2.15. The summed E-state index contributed by atoms with van der Waals surface area (Å²) in [5.41, 5.74) is 0.937. The van der Waals surface area contributed by atoms with Gasteiger partial charge in [0.05, 0.1) is 24.3 Å². The third-order valence-electron chi connectivity index (χ3n) is 4.24. The number of rotatable bonds is 9. The minimum atomic E-state index is -3.70. The molecule has 1 amide bonds. The van der Waals surface area contributed by atoms with Crippen molar-refractivity contribution in [1.29, 1.82) is 0 Å². The number of sulfonamides is 1. The van der Waals surface area contributed by atoms with E-state index in [9.17, 15) is 13.2 Å². The van der Waals surface area contributed by atoms with Crippen LogP contribution in [0.25, 0.3) is 0 Å². The van der Waals surface area contributed by atoms with Crippen LogP contribution in [-0.4, -0.2) is 26.0 Å². The second-order valence-electron chi connectivity index (χ2n) is 6.71. The Hall–Kier alpha value is -3.21. The second kappa shape index (κ2) is 10.9. The van der Waals surface area contributed by atoms with Gasteiger partial charge in [0.25, 0.3) is 5.91 Å². The van der Waals surface area contributed by atoms with Crippen LogP contribution in [0, 0.1) is 0 Å². The minimum absolute atomic E-state index is 0.0517. The van der Waals surface area contributed by atoms with Crippen molar-refractivity contribution in [3.05, 3.63) is 78.3 Å². The van der Waals surface area contributed by atoms with Crippen molar-refractivity contribution in [2.45, 2.75) is 24.8 Å². The Morgan fingerprint density at radius 2 is 1.88 bits per heavy atom. The number of hydrogen-bond donors (Lipinski definition) is 3. The lowest BCUT2D eigenvalue weighted by atomic mass is 10.2. The van der Waals surface area contributed by atoms with Gasteiger partial charge in [-0.2, -0.15) is 0 Å². The molecule has 0 saturated carbocycles. The number of carbonyl (C=O) groups is 1. The molecule has 8 nitrogen and oxygen atoms in total. The first-order valence-corrected chi connectivity index (χ1v) is 11.7. The molecule has 0 aliphatic carbocycles. The lowest BCUT2D eigenvalue weighted by molar-refractivity contribution is 0.0977. The van der Waals surface area contributed by atoms with E-state index in [1.807, 2.05) is 6.92 Å². The number of amides is 1. The Morgan fingerprint density at radius 3 is 2.56 bits per heavy atom. The van der Waals surface area contributed by atoms with Crippen molar-refractivity contribution in [3.8, 4) is 5.75 Å². The van der Waals surface area contributed by atoms with Crippen LogP contribution in [0.5, 0.6) is 5.75 Å². The number of hydrogen-bond acceptors (Lipinski definition) is 6. The zero-order valence-corrected chi connectivity index (χ0v) is 19.0. The number of benzene rings is 2. The fraction of sp³-hybridized carbons (Fsp3) is 0.182. The summed E-state index contributed by atoms with van der Waals surface area (Å²) in [6, 6.07) is 16.2. The van der Waals surface area contributed by atoms with E-state index in [0.29, 0.717) is 29.4 Å². The van der Waals surface area contributed by atoms with Crippen molar-refractivity contribution in [1.82, 2.24) is 10.0 Å². The Balaban J connectivity index is 1.55. The van der Waals surface area contributed by atoms with E-state index in [1.54, 1.807) is 48.5 Å². The Kier molecular flexibility index (Phi) is 7.98. The first-order valence-electron chi connectivity index (χ1n) is 9.84. The van der Waals surface area contributed by atoms with Crippen molar-refractivity contribution >= 4 is 38.9 Å². The van der Waals surface area contributed by atoms with E-state index < -0.39 is 10.0 Å². The zero-order chi connectivity index (χ0) is 23.0. The van der Waals surface area contributed by atoms with Crippen molar-refractivity contribution in [2.75, 3.05) is 11.9 Å². The standard InChI is InChI=1S/C22H23N3O5S2/c1-2-12-29-18-6-3-5-16(14-18)21(26)25-22(31)24-17-8-10-20(11-9-17)32(27,28)23-15-19-7-4-13-30-19/h3-11,13-14,23H,2,12,15H2,1H3,(H2,24,25,26,31). The quantitative estimate of drug-likeness (QED) is 0.407. The minimum Gasteiger partial charge on any atom is -0.494 e. The molecule has 1 aromatic heterocycles. The summed E-state index contributed by atoms with van der Waals surface area (Å²) in [7, 11) is -3.70. The van der Waals surface area contributed by atoms with E-state index in [1.165, 1.54) is 18.4 Å². The molecule has 0 saturated heterocycles. The highest BCUT2D eigenvalue weighted by Crippen LogP contribution is 2.16. The van der Waals surface area contributed by atoms with Crippen molar-refractivity contribution < 1.29 is 22.4 Å². The SMILES string of the molecule is CCCOc1cccc(C(=O)NC(=S)Nc2ccc(S(=O)(=O)NCc3ccco3)cc2)c1. The van der Waals surface area contributed by atoms with E-state index in [2.05, 4.69) is 15.4 Å². The molecule has 3 aromatic rings. The molecule has 1 heterocycles. The molecule has 0 fully saturated rings. The highest BCUT2D eigenvalue weighted by molar-refractivity contribution is 7.89. The van der Waals surface area contributed by atoms with Gasteiger partial charge < -0.3 is 14.5 Å². The smallest absolute Gasteiger partial charge is 0.257 e. The number of furan rings is 1. The maximum atomic E-state index is 12.4. The maximum absolute atomic E-state index is 12.4. The highest BCUT2D eigenvalue weighted by atomic mass is 32.2. The van der Waals surface area contributed by atoms with Gasteiger partial charge in [0, 0.05) is 11.3 Å². The van der Waals surface area contributed by atoms with Crippen LogP contribution >= 0.6 is 12.2 Å². The van der Waals surface area contributed by atoms with Gasteiger partial charge in [0.1, 0.15) is 11.5 Å². The third-order valence-corrected chi connectivity index (χ3v) is 5.86. The number of anilines is 1. The van der Waals surface area contributed by atoms with Crippen LogP contribution < -0.4 is 20.1 Å². The monoisotopic (exact) mass is 473 g/mol. The molecule has 32 heavy (non-hydrogen) atoms. The summed E-state index contributed by atoms with van der Waals surface area (Å²) in [5.74, 6) is 0.733. The molecule has 0 aliphatic rings. The van der Waals surface area contributed by atoms with Gasteiger partial charge in [-0.25, -0.2) is 13.1 Å². The molecule has 0 spiro atoms. The molecule has 0 bridgehead atoms. The van der Waals surface area contributed by atoms with E-state index in [0.717, 1.165) is 6.42 Å². The first kappa shape index (κ1) is 23.5. The summed E-state index contributed by atoms with van der Waals surface area (Å²) in [6.45, 7) is 2.62. The van der Waals surface area contributed by atoms with E-state index in [-0.39, 0.29) is 22.5 Å². The zero-order valence-electron chi connectivity index (χ0n) is 17.3. The third kappa shape index (κ3) is 6.64. The van der Waals surface area contributed by atoms with E-state index in [4.69, 9.17) is 21.4 Å². The van der Waals surface area contributed by atoms with Crippen LogP contribution in [0.1, 0.15) is 29.5 Å². The van der Waals surface area contributed by atoms with Gasteiger partial charge in [0.2, 0.25) is 10.0 Å². The van der Waals surface area contributed by atoms with Gasteiger partial charge in [-0.05, 0) is 73.2 Å². The lowest BCUT2D eigenvalue weighted by Gasteiger charge is -2.11.